The highest BCUT2D eigenvalue weighted by Gasteiger charge is 2.21. The summed E-state index contributed by atoms with van der Waals surface area (Å²) in [6, 6.07) is 0. The first-order chi connectivity index (χ1) is 8.77. The van der Waals surface area contributed by atoms with Gasteiger partial charge in [0.1, 0.15) is 0 Å². The number of hydrogen-bond acceptors (Lipinski definition) is 3. The van der Waals surface area contributed by atoms with Crippen LogP contribution < -0.4 is 5.32 Å². The van der Waals surface area contributed by atoms with Gasteiger partial charge in [0.05, 0.1) is 0 Å². The molecule has 1 amide bonds. The summed E-state index contributed by atoms with van der Waals surface area (Å²) in [5.74, 6) is 2.32. The number of nitrogens with zero attached hydrogens (tertiary/aromatic N) is 1. The zero-order valence-electron chi connectivity index (χ0n) is 12.3. The molecular formula is C14H29ClN2OS. The molecule has 1 heterocycles. The summed E-state index contributed by atoms with van der Waals surface area (Å²) >= 11 is 1.86. The van der Waals surface area contributed by atoms with Gasteiger partial charge in [0.15, 0.2) is 0 Å². The van der Waals surface area contributed by atoms with Gasteiger partial charge in [0.25, 0.3) is 0 Å². The molecule has 0 unspecified atom stereocenters. The lowest BCUT2D eigenvalue weighted by atomic mass is 9.96. The predicted molar refractivity (Wildman–Crippen MR) is 87.3 cm³/mol. The van der Waals surface area contributed by atoms with E-state index in [-0.39, 0.29) is 12.4 Å². The van der Waals surface area contributed by atoms with Crippen LogP contribution in [0, 0.1) is 5.92 Å². The van der Waals surface area contributed by atoms with Crippen LogP contribution >= 0.6 is 24.2 Å². The lowest BCUT2D eigenvalue weighted by Crippen LogP contribution is -2.40. The average Bonchev–Trinajstić information content (AvgIpc) is 2.41. The second-order valence-corrected chi connectivity index (χ2v) is 6.07. The molecule has 0 radical (unpaired) electrons. The van der Waals surface area contributed by atoms with E-state index in [4.69, 9.17) is 0 Å². The van der Waals surface area contributed by atoms with Gasteiger partial charge in [-0.15, -0.1) is 12.4 Å². The number of nitrogens with one attached hydrogen (secondary N) is 1. The molecule has 1 fully saturated rings. The minimum atomic E-state index is 0. The quantitative estimate of drug-likeness (QED) is 0.700. The minimum absolute atomic E-state index is 0. The van der Waals surface area contributed by atoms with Gasteiger partial charge in [-0.2, -0.15) is 11.8 Å². The molecule has 0 aromatic rings. The molecule has 1 rings (SSSR count). The molecule has 5 heteroatoms. The molecule has 1 aliphatic rings. The number of likely N-dealkylation sites (tertiary alicyclic amines) is 1. The smallest absolute Gasteiger partial charge is 0.222 e. The highest BCUT2D eigenvalue weighted by atomic mass is 35.5. The molecule has 0 saturated carbocycles. The fraction of sp³-hybridized carbons (Fsp3) is 0.929. The van der Waals surface area contributed by atoms with Crippen molar-refractivity contribution >= 4 is 30.1 Å². The highest BCUT2D eigenvalue weighted by molar-refractivity contribution is 7.98. The van der Waals surface area contributed by atoms with Crippen molar-refractivity contribution in [2.24, 2.45) is 5.92 Å². The highest BCUT2D eigenvalue weighted by Crippen LogP contribution is 2.17. The Hall–Kier alpha value is 0.0700. The number of unbranched alkanes of at least 4 members (excludes halogenated alkanes) is 1. The maximum atomic E-state index is 12.0. The van der Waals surface area contributed by atoms with Gasteiger partial charge in [0.2, 0.25) is 5.91 Å². The molecule has 0 aliphatic carbocycles. The molecule has 0 aromatic heterocycles. The Morgan fingerprint density at radius 3 is 2.58 bits per heavy atom. The molecule has 114 valence electrons. The van der Waals surface area contributed by atoms with E-state index in [0.29, 0.717) is 5.91 Å². The fourth-order valence-electron chi connectivity index (χ4n) is 2.42. The van der Waals surface area contributed by atoms with Crippen LogP contribution in [0.1, 0.15) is 39.0 Å². The summed E-state index contributed by atoms with van der Waals surface area (Å²) in [6.45, 7) is 6.25. The molecular weight excluding hydrogens is 280 g/mol. The zero-order chi connectivity index (χ0) is 13.2. The van der Waals surface area contributed by atoms with Gasteiger partial charge < -0.3 is 10.2 Å². The largest absolute Gasteiger partial charge is 0.343 e. The molecule has 1 aliphatic heterocycles. The van der Waals surface area contributed by atoms with Crippen molar-refractivity contribution in [3.8, 4) is 0 Å². The van der Waals surface area contributed by atoms with Gasteiger partial charge in [-0.1, -0.05) is 6.92 Å². The molecule has 0 bridgehead atoms. The lowest BCUT2D eigenvalue weighted by Gasteiger charge is -2.32. The lowest BCUT2D eigenvalue weighted by molar-refractivity contribution is -0.132. The van der Waals surface area contributed by atoms with Crippen LogP contribution in [0.5, 0.6) is 0 Å². The van der Waals surface area contributed by atoms with E-state index in [1.807, 2.05) is 11.8 Å². The van der Waals surface area contributed by atoms with Crippen molar-refractivity contribution in [1.82, 2.24) is 10.2 Å². The van der Waals surface area contributed by atoms with Gasteiger partial charge in [0, 0.05) is 19.5 Å². The van der Waals surface area contributed by atoms with Crippen LogP contribution in [0.15, 0.2) is 0 Å². The van der Waals surface area contributed by atoms with Gasteiger partial charge in [-0.25, -0.2) is 0 Å². The predicted octanol–water partition coefficient (Wildman–Crippen LogP) is 2.79. The van der Waals surface area contributed by atoms with Gasteiger partial charge in [-0.05, 0) is 56.7 Å². The Morgan fingerprint density at radius 2 is 2.00 bits per heavy atom. The molecule has 3 nitrogen and oxygen atoms in total. The third-order valence-corrected chi connectivity index (χ3v) is 4.34. The third-order valence-electron chi connectivity index (χ3n) is 3.64. The average molecular weight is 309 g/mol. The van der Waals surface area contributed by atoms with Crippen LogP contribution in [-0.2, 0) is 4.79 Å². The van der Waals surface area contributed by atoms with Crippen molar-refractivity contribution < 1.29 is 4.79 Å². The van der Waals surface area contributed by atoms with E-state index in [1.165, 1.54) is 25.0 Å². The zero-order valence-corrected chi connectivity index (χ0v) is 14.0. The molecule has 0 spiro atoms. The Morgan fingerprint density at radius 1 is 1.32 bits per heavy atom. The van der Waals surface area contributed by atoms with Crippen LogP contribution in [0.4, 0.5) is 0 Å². The van der Waals surface area contributed by atoms with Crippen LogP contribution in [0.3, 0.4) is 0 Å². The van der Waals surface area contributed by atoms with E-state index in [0.717, 1.165) is 44.9 Å². The Labute approximate surface area is 128 Å². The van der Waals surface area contributed by atoms with Gasteiger partial charge in [-0.3, -0.25) is 4.79 Å². The molecule has 19 heavy (non-hydrogen) atoms. The third kappa shape index (κ3) is 8.05. The normalized spacial score (nSPS) is 16.2. The summed E-state index contributed by atoms with van der Waals surface area (Å²) in [4.78, 5) is 14.1. The molecule has 1 saturated heterocycles. The Balaban J connectivity index is 0.00000324. The van der Waals surface area contributed by atoms with Crippen LogP contribution in [0.25, 0.3) is 0 Å². The first-order valence-corrected chi connectivity index (χ1v) is 8.64. The van der Waals surface area contributed by atoms with E-state index >= 15 is 0 Å². The topological polar surface area (TPSA) is 32.3 Å². The molecule has 0 aromatic carbocycles. The summed E-state index contributed by atoms with van der Waals surface area (Å²) in [6.07, 6.45) is 7.43. The monoisotopic (exact) mass is 308 g/mol. The number of carbonyl (C=O) groups is 1. The van der Waals surface area contributed by atoms with Crippen molar-refractivity contribution in [2.45, 2.75) is 39.0 Å². The fourth-order valence-corrected chi connectivity index (χ4v) is 2.91. The van der Waals surface area contributed by atoms with Crippen molar-refractivity contribution in [3.63, 3.8) is 0 Å². The van der Waals surface area contributed by atoms with Crippen molar-refractivity contribution in [3.05, 3.63) is 0 Å². The number of amides is 1. The molecule has 1 N–H and O–H groups in total. The van der Waals surface area contributed by atoms with E-state index in [1.54, 1.807) is 0 Å². The van der Waals surface area contributed by atoms with Crippen molar-refractivity contribution in [1.29, 1.82) is 0 Å². The Bertz CT molecular complexity index is 233. The van der Waals surface area contributed by atoms with E-state index in [2.05, 4.69) is 23.4 Å². The van der Waals surface area contributed by atoms with Crippen molar-refractivity contribution in [2.75, 3.05) is 38.2 Å². The summed E-state index contributed by atoms with van der Waals surface area (Å²) in [5, 5.41) is 3.40. The number of piperidine rings is 1. The summed E-state index contributed by atoms with van der Waals surface area (Å²) in [5.41, 5.74) is 0. The first-order valence-electron chi connectivity index (χ1n) is 7.25. The number of hydrogen-bond donors (Lipinski definition) is 1. The first kappa shape index (κ1) is 19.1. The summed E-state index contributed by atoms with van der Waals surface area (Å²) < 4.78 is 0. The number of halogens is 1. The maximum Gasteiger partial charge on any atom is 0.222 e. The second kappa shape index (κ2) is 11.9. The Kier molecular flexibility index (Phi) is 11.9. The van der Waals surface area contributed by atoms with Gasteiger partial charge >= 0.3 is 0 Å². The molecule has 0 atom stereocenters. The standard InChI is InChI=1S/C14H28N2OS.ClH/c1-3-15-12-13-7-9-16(10-8-13)14(17)6-4-5-11-18-2;/h13,15H,3-12H2,1-2H3;1H. The number of rotatable bonds is 8. The van der Waals surface area contributed by atoms with E-state index < -0.39 is 0 Å². The second-order valence-electron chi connectivity index (χ2n) is 5.08. The minimum Gasteiger partial charge on any atom is -0.343 e. The SMILES string of the molecule is CCNCC1CCN(C(=O)CCCCSC)CC1.Cl. The number of carbonyl (C=O) groups excluding carboxylic acids is 1. The maximum absolute atomic E-state index is 12.0. The number of thioether (sulfide) groups is 1. The van der Waals surface area contributed by atoms with E-state index in [9.17, 15) is 4.79 Å². The summed E-state index contributed by atoms with van der Waals surface area (Å²) in [7, 11) is 0. The van der Waals surface area contributed by atoms with Crippen LogP contribution in [0.2, 0.25) is 0 Å². The van der Waals surface area contributed by atoms with Crippen LogP contribution in [-0.4, -0.2) is 49.0 Å².